The summed E-state index contributed by atoms with van der Waals surface area (Å²) in [5.41, 5.74) is 3.36. The van der Waals surface area contributed by atoms with E-state index < -0.39 is 0 Å². The first-order valence-electron chi connectivity index (χ1n) is 10.3. The fourth-order valence-electron chi connectivity index (χ4n) is 4.59. The Labute approximate surface area is 166 Å². The number of halogens is 2. The summed E-state index contributed by atoms with van der Waals surface area (Å²) in [5, 5.41) is 0. The van der Waals surface area contributed by atoms with E-state index in [1.165, 1.54) is 18.4 Å². The highest BCUT2D eigenvalue weighted by Crippen LogP contribution is 2.25. The molecule has 5 heteroatoms. The fraction of sp³-hybridized carbons (Fsp3) is 0.478. The van der Waals surface area contributed by atoms with Crippen molar-refractivity contribution in [2.45, 2.75) is 32.4 Å². The highest BCUT2D eigenvalue weighted by atomic mass is 19.1. The Balaban J connectivity index is 1.25. The zero-order valence-electron chi connectivity index (χ0n) is 16.6. The number of hydrogen-bond acceptors (Lipinski definition) is 3. The van der Waals surface area contributed by atoms with Crippen molar-refractivity contribution in [3.63, 3.8) is 0 Å². The van der Waals surface area contributed by atoms with Gasteiger partial charge in [0.05, 0.1) is 0 Å². The molecule has 0 amide bonds. The van der Waals surface area contributed by atoms with Crippen LogP contribution in [0.1, 0.15) is 24.0 Å². The van der Waals surface area contributed by atoms with Crippen LogP contribution < -0.4 is 4.90 Å². The molecule has 2 aromatic rings. The molecule has 28 heavy (non-hydrogen) atoms. The number of hydrogen-bond donors (Lipinski definition) is 0. The first-order valence-corrected chi connectivity index (χ1v) is 10.3. The lowest BCUT2D eigenvalue weighted by Crippen LogP contribution is -2.53. The van der Waals surface area contributed by atoms with Crippen molar-refractivity contribution in [1.82, 2.24) is 9.80 Å². The predicted molar refractivity (Wildman–Crippen MR) is 110 cm³/mol. The summed E-state index contributed by atoms with van der Waals surface area (Å²) in [7, 11) is 0. The summed E-state index contributed by atoms with van der Waals surface area (Å²) >= 11 is 0. The topological polar surface area (TPSA) is 9.72 Å². The SMILES string of the molecule is Cc1cc(F)ccc1N1CCN(C2CCN(Cc3ccc(F)cc3)CC2)CC1. The fourth-order valence-corrected chi connectivity index (χ4v) is 4.59. The Hall–Kier alpha value is -1.98. The van der Waals surface area contributed by atoms with E-state index in [4.69, 9.17) is 0 Å². The molecule has 2 saturated heterocycles. The highest BCUT2D eigenvalue weighted by molar-refractivity contribution is 5.53. The van der Waals surface area contributed by atoms with Crippen LogP contribution in [0, 0.1) is 18.6 Å². The van der Waals surface area contributed by atoms with Gasteiger partial charge in [-0.3, -0.25) is 9.80 Å². The Bertz CT molecular complexity index is 777. The molecule has 2 fully saturated rings. The zero-order chi connectivity index (χ0) is 19.5. The standard InChI is InChI=1S/C23H29F2N3/c1-18-16-21(25)6-7-23(18)28-14-12-27(13-15-28)22-8-10-26(11-9-22)17-19-2-4-20(24)5-3-19/h2-7,16,22H,8-15,17H2,1H3. The van der Waals surface area contributed by atoms with Crippen LogP contribution in [0.15, 0.2) is 42.5 Å². The maximum atomic E-state index is 13.4. The third-order valence-electron chi connectivity index (χ3n) is 6.21. The molecule has 0 bridgehead atoms. The molecule has 4 rings (SSSR count). The van der Waals surface area contributed by atoms with Crippen LogP contribution in [0.25, 0.3) is 0 Å². The number of anilines is 1. The molecule has 0 radical (unpaired) electrons. The second-order valence-corrected chi connectivity index (χ2v) is 8.09. The van der Waals surface area contributed by atoms with Crippen LogP contribution in [0.4, 0.5) is 14.5 Å². The first kappa shape index (κ1) is 19.3. The van der Waals surface area contributed by atoms with Crippen LogP contribution >= 0.6 is 0 Å². The minimum atomic E-state index is -0.169. The summed E-state index contributed by atoms with van der Waals surface area (Å²) in [5.74, 6) is -0.329. The first-order chi connectivity index (χ1) is 13.6. The number of benzene rings is 2. The van der Waals surface area contributed by atoms with Gasteiger partial charge in [-0.2, -0.15) is 0 Å². The Kier molecular flexibility index (Phi) is 5.93. The quantitative estimate of drug-likeness (QED) is 0.786. The van der Waals surface area contributed by atoms with E-state index in [1.807, 2.05) is 25.1 Å². The molecule has 0 N–H and O–H groups in total. The summed E-state index contributed by atoms with van der Waals surface area (Å²) in [6.45, 7) is 9.23. The van der Waals surface area contributed by atoms with Crippen molar-refractivity contribution in [2.24, 2.45) is 0 Å². The third-order valence-corrected chi connectivity index (χ3v) is 6.21. The van der Waals surface area contributed by atoms with Crippen LogP contribution in [-0.2, 0) is 6.54 Å². The molecule has 2 aromatic carbocycles. The van der Waals surface area contributed by atoms with E-state index in [0.29, 0.717) is 6.04 Å². The van der Waals surface area contributed by atoms with Crippen molar-refractivity contribution in [3.05, 3.63) is 65.2 Å². The lowest BCUT2D eigenvalue weighted by Gasteiger charge is -2.43. The van der Waals surface area contributed by atoms with Crippen LogP contribution in [0.3, 0.4) is 0 Å². The van der Waals surface area contributed by atoms with Gasteiger partial charge in [0, 0.05) is 44.5 Å². The summed E-state index contributed by atoms with van der Waals surface area (Å²) in [4.78, 5) is 7.49. The molecule has 2 heterocycles. The van der Waals surface area contributed by atoms with Crippen molar-refractivity contribution in [2.75, 3.05) is 44.2 Å². The summed E-state index contributed by atoms with van der Waals surface area (Å²) in [6, 6.07) is 12.6. The molecule has 0 saturated carbocycles. The average Bonchev–Trinajstić information content (AvgIpc) is 2.71. The monoisotopic (exact) mass is 385 g/mol. The molecule has 0 aliphatic carbocycles. The van der Waals surface area contributed by atoms with Crippen LogP contribution in [0.2, 0.25) is 0 Å². The van der Waals surface area contributed by atoms with Crippen molar-refractivity contribution in [3.8, 4) is 0 Å². The maximum absolute atomic E-state index is 13.4. The van der Waals surface area contributed by atoms with Crippen molar-refractivity contribution in [1.29, 1.82) is 0 Å². The largest absolute Gasteiger partial charge is 0.369 e. The van der Waals surface area contributed by atoms with E-state index in [1.54, 1.807) is 24.3 Å². The number of rotatable bonds is 4. The number of aryl methyl sites for hydroxylation is 1. The van der Waals surface area contributed by atoms with E-state index in [2.05, 4.69) is 14.7 Å². The van der Waals surface area contributed by atoms with Crippen molar-refractivity contribution < 1.29 is 8.78 Å². The number of likely N-dealkylation sites (tertiary alicyclic amines) is 1. The number of piperidine rings is 1. The second kappa shape index (κ2) is 8.58. The molecule has 0 atom stereocenters. The van der Waals surface area contributed by atoms with Gasteiger partial charge in [-0.05, 0) is 74.3 Å². The van der Waals surface area contributed by atoms with Gasteiger partial charge >= 0.3 is 0 Å². The smallest absolute Gasteiger partial charge is 0.123 e. The van der Waals surface area contributed by atoms with E-state index in [0.717, 1.165) is 57.1 Å². The number of piperazine rings is 1. The van der Waals surface area contributed by atoms with Gasteiger partial charge in [-0.25, -0.2) is 8.78 Å². The van der Waals surface area contributed by atoms with Gasteiger partial charge < -0.3 is 4.90 Å². The van der Waals surface area contributed by atoms with Crippen LogP contribution in [-0.4, -0.2) is 55.1 Å². The molecular formula is C23H29F2N3. The molecule has 150 valence electrons. The van der Waals surface area contributed by atoms with Gasteiger partial charge in [0.15, 0.2) is 0 Å². The Morgan fingerprint density at radius 3 is 2.11 bits per heavy atom. The molecule has 2 aliphatic heterocycles. The molecule has 2 aliphatic rings. The molecule has 0 unspecified atom stereocenters. The Morgan fingerprint density at radius 1 is 0.821 bits per heavy atom. The van der Waals surface area contributed by atoms with Gasteiger partial charge in [0.2, 0.25) is 0 Å². The van der Waals surface area contributed by atoms with E-state index in [9.17, 15) is 8.78 Å². The van der Waals surface area contributed by atoms with Gasteiger partial charge in [-0.15, -0.1) is 0 Å². The van der Waals surface area contributed by atoms with E-state index >= 15 is 0 Å². The highest BCUT2D eigenvalue weighted by Gasteiger charge is 2.27. The number of nitrogens with zero attached hydrogens (tertiary/aromatic N) is 3. The molecular weight excluding hydrogens is 356 g/mol. The van der Waals surface area contributed by atoms with Crippen LogP contribution in [0.5, 0.6) is 0 Å². The molecule has 0 aromatic heterocycles. The second-order valence-electron chi connectivity index (χ2n) is 8.09. The van der Waals surface area contributed by atoms with Gasteiger partial charge in [-0.1, -0.05) is 12.1 Å². The maximum Gasteiger partial charge on any atom is 0.123 e. The van der Waals surface area contributed by atoms with Crippen molar-refractivity contribution >= 4 is 5.69 Å². The molecule has 3 nitrogen and oxygen atoms in total. The summed E-state index contributed by atoms with van der Waals surface area (Å²) < 4.78 is 26.4. The predicted octanol–water partition coefficient (Wildman–Crippen LogP) is 4.06. The Morgan fingerprint density at radius 2 is 1.46 bits per heavy atom. The minimum Gasteiger partial charge on any atom is -0.369 e. The molecule has 0 spiro atoms. The zero-order valence-corrected chi connectivity index (χ0v) is 16.6. The average molecular weight is 386 g/mol. The minimum absolute atomic E-state index is 0.160. The van der Waals surface area contributed by atoms with E-state index in [-0.39, 0.29) is 11.6 Å². The third kappa shape index (κ3) is 4.53. The lowest BCUT2D eigenvalue weighted by atomic mass is 10.0. The van der Waals surface area contributed by atoms with Gasteiger partial charge in [0.25, 0.3) is 0 Å². The van der Waals surface area contributed by atoms with Gasteiger partial charge in [0.1, 0.15) is 11.6 Å². The lowest BCUT2D eigenvalue weighted by molar-refractivity contribution is 0.0998. The normalized spacial score (nSPS) is 19.9. The summed E-state index contributed by atoms with van der Waals surface area (Å²) in [6.07, 6.45) is 2.38.